The van der Waals surface area contributed by atoms with Gasteiger partial charge in [0.2, 0.25) is 5.78 Å². The van der Waals surface area contributed by atoms with Crippen molar-refractivity contribution in [3.05, 3.63) is 53.8 Å². The lowest BCUT2D eigenvalue weighted by Crippen LogP contribution is -2.46. The molecule has 1 saturated heterocycles. The standard InChI is InChI=1S/C28H30N6O5/c1-5-21-10-20(7-8-38-21)34(28(36)37-6-2)25-23-11-22(18-13-30-32(3)15-18)17(12-29)9-24(23)39-27(25)26(35)19-14-31-33(4)16-19/h9,11,13-16,20-21H,5-8,10H2,1-4H3/t20-,21-/m0/s1. The van der Waals surface area contributed by atoms with Gasteiger partial charge in [-0.15, -0.1) is 0 Å². The van der Waals surface area contributed by atoms with E-state index in [4.69, 9.17) is 13.9 Å². The number of aryl methyl sites for hydroxylation is 2. The highest BCUT2D eigenvalue weighted by molar-refractivity contribution is 6.17. The van der Waals surface area contributed by atoms with Crippen molar-refractivity contribution >= 4 is 28.5 Å². The Hall–Kier alpha value is -4.43. The van der Waals surface area contributed by atoms with Crippen LogP contribution in [0.1, 0.15) is 54.8 Å². The third-order valence-corrected chi connectivity index (χ3v) is 6.98. The Balaban J connectivity index is 1.78. The molecule has 202 valence electrons. The van der Waals surface area contributed by atoms with Gasteiger partial charge in [-0.05, 0) is 38.3 Å². The number of carbonyl (C=O) groups excluding carboxylic acids is 2. The number of nitriles is 1. The van der Waals surface area contributed by atoms with Crippen LogP contribution in [0.3, 0.4) is 0 Å². The molecule has 2 atom stereocenters. The summed E-state index contributed by atoms with van der Waals surface area (Å²) in [6.07, 6.45) is 7.84. The first-order valence-electron chi connectivity index (χ1n) is 12.9. The minimum Gasteiger partial charge on any atom is -0.450 e. The van der Waals surface area contributed by atoms with Gasteiger partial charge in [-0.2, -0.15) is 15.5 Å². The second-order valence-corrected chi connectivity index (χ2v) is 9.57. The molecule has 5 rings (SSSR count). The van der Waals surface area contributed by atoms with Gasteiger partial charge in [-0.25, -0.2) is 4.79 Å². The van der Waals surface area contributed by atoms with Crippen LogP contribution in [-0.2, 0) is 23.6 Å². The molecule has 1 amide bonds. The molecule has 4 aromatic rings. The molecule has 0 unspecified atom stereocenters. The number of amides is 1. The molecule has 1 aromatic carbocycles. The van der Waals surface area contributed by atoms with Gasteiger partial charge in [-0.3, -0.25) is 19.1 Å². The Bertz CT molecular complexity index is 1570. The third kappa shape index (κ3) is 4.91. The second-order valence-electron chi connectivity index (χ2n) is 9.57. The Morgan fingerprint density at radius 3 is 2.59 bits per heavy atom. The zero-order valence-electron chi connectivity index (χ0n) is 22.4. The molecule has 4 heterocycles. The fourth-order valence-corrected chi connectivity index (χ4v) is 5.08. The molecule has 1 aliphatic rings. The van der Waals surface area contributed by atoms with Gasteiger partial charge >= 0.3 is 6.09 Å². The van der Waals surface area contributed by atoms with Gasteiger partial charge in [0, 0.05) is 55.7 Å². The zero-order valence-corrected chi connectivity index (χ0v) is 22.4. The number of ether oxygens (including phenoxy) is 2. The third-order valence-electron chi connectivity index (χ3n) is 6.98. The van der Waals surface area contributed by atoms with E-state index in [1.54, 1.807) is 61.3 Å². The Morgan fingerprint density at radius 2 is 1.95 bits per heavy atom. The molecule has 39 heavy (non-hydrogen) atoms. The van der Waals surface area contributed by atoms with Crippen LogP contribution in [0.4, 0.5) is 10.5 Å². The molecule has 0 spiro atoms. The number of aromatic nitrogens is 4. The first kappa shape index (κ1) is 26.2. The second kappa shape index (κ2) is 10.7. The van der Waals surface area contributed by atoms with E-state index in [0.29, 0.717) is 52.8 Å². The first-order valence-corrected chi connectivity index (χ1v) is 12.9. The van der Waals surface area contributed by atoms with E-state index < -0.39 is 11.9 Å². The number of rotatable bonds is 7. The van der Waals surface area contributed by atoms with Crippen LogP contribution in [0.2, 0.25) is 0 Å². The largest absolute Gasteiger partial charge is 0.450 e. The summed E-state index contributed by atoms with van der Waals surface area (Å²) in [5.74, 6) is -0.443. The molecule has 3 aromatic heterocycles. The summed E-state index contributed by atoms with van der Waals surface area (Å²) in [7, 11) is 3.51. The molecular formula is C28H30N6O5. The van der Waals surface area contributed by atoms with Gasteiger partial charge in [0.15, 0.2) is 5.76 Å². The average molecular weight is 531 g/mol. The lowest BCUT2D eigenvalue weighted by atomic mass is 9.97. The number of nitrogens with zero attached hydrogens (tertiary/aromatic N) is 6. The quantitative estimate of drug-likeness (QED) is 0.317. The molecule has 0 radical (unpaired) electrons. The van der Waals surface area contributed by atoms with E-state index >= 15 is 0 Å². The maximum Gasteiger partial charge on any atom is 0.414 e. The molecule has 1 fully saturated rings. The van der Waals surface area contributed by atoms with Crippen LogP contribution in [0.25, 0.3) is 22.1 Å². The zero-order chi connectivity index (χ0) is 27.7. The number of hydrogen-bond donors (Lipinski definition) is 0. The van der Waals surface area contributed by atoms with E-state index in [1.807, 2.05) is 6.92 Å². The summed E-state index contributed by atoms with van der Waals surface area (Å²) in [4.78, 5) is 29.0. The van der Waals surface area contributed by atoms with Crippen molar-refractivity contribution in [1.29, 1.82) is 5.26 Å². The number of carbonyl (C=O) groups is 2. The van der Waals surface area contributed by atoms with Crippen molar-refractivity contribution < 1.29 is 23.5 Å². The lowest BCUT2D eigenvalue weighted by Gasteiger charge is -2.36. The van der Waals surface area contributed by atoms with E-state index in [1.165, 1.54) is 10.9 Å². The average Bonchev–Trinajstić information content (AvgIpc) is 3.66. The maximum absolute atomic E-state index is 13.8. The molecule has 11 nitrogen and oxygen atoms in total. The van der Waals surface area contributed by atoms with Gasteiger partial charge in [0.25, 0.3) is 0 Å². The van der Waals surface area contributed by atoms with Gasteiger partial charge < -0.3 is 13.9 Å². The molecule has 1 aliphatic heterocycles. The summed E-state index contributed by atoms with van der Waals surface area (Å²) in [6, 6.07) is 5.32. The van der Waals surface area contributed by atoms with Gasteiger partial charge in [-0.1, -0.05) is 6.92 Å². The van der Waals surface area contributed by atoms with E-state index in [-0.39, 0.29) is 24.5 Å². The fourth-order valence-electron chi connectivity index (χ4n) is 5.08. The molecule has 0 aliphatic carbocycles. The number of ketones is 1. The summed E-state index contributed by atoms with van der Waals surface area (Å²) >= 11 is 0. The number of anilines is 1. The molecule has 0 bridgehead atoms. The van der Waals surface area contributed by atoms with Crippen molar-refractivity contribution in [3.63, 3.8) is 0 Å². The monoisotopic (exact) mass is 530 g/mol. The highest BCUT2D eigenvalue weighted by Gasteiger charge is 2.38. The number of benzene rings is 1. The normalized spacial score (nSPS) is 17.2. The molecular weight excluding hydrogens is 500 g/mol. The van der Waals surface area contributed by atoms with Crippen molar-refractivity contribution in [2.75, 3.05) is 18.1 Å². The van der Waals surface area contributed by atoms with Crippen molar-refractivity contribution in [2.45, 2.75) is 45.3 Å². The highest BCUT2D eigenvalue weighted by atomic mass is 16.6. The van der Waals surface area contributed by atoms with Crippen molar-refractivity contribution in [1.82, 2.24) is 19.6 Å². The van der Waals surface area contributed by atoms with Gasteiger partial charge in [0.1, 0.15) is 11.3 Å². The molecule has 11 heteroatoms. The van der Waals surface area contributed by atoms with E-state index in [9.17, 15) is 14.9 Å². The summed E-state index contributed by atoms with van der Waals surface area (Å²) in [5, 5.41) is 18.8. The fraction of sp³-hybridized carbons (Fsp3) is 0.393. The smallest absolute Gasteiger partial charge is 0.414 e. The van der Waals surface area contributed by atoms with Crippen LogP contribution < -0.4 is 4.90 Å². The van der Waals surface area contributed by atoms with E-state index in [2.05, 4.69) is 16.3 Å². The number of fused-ring (bicyclic) bond motifs is 1. The maximum atomic E-state index is 13.8. The topological polar surface area (TPSA) is 128 Å². The minimum absolute atomic E-state index is 0.0159. The summed E-state index contributed by atoms with van der Waals surface area (Å²) < 4.78 is 20.8. The molecule has 0 N–H and O–H groups in total. The highest BCUT2D eigenvalue weighted by Crippen LogP contribution is 2.42. The minimum atomic E-state index is -0.575. The van der Waals surface area contributed by atoms with Crippen LogP contribution in [0.5, 0.6) is 0 Å². The Kier molecular flexibility index (Phi) is 7.21. The summed E-state index contributed by atoms with van der Waals surface area (Å²) in [5.41, 5.74) is 2.64. The van der Waals surface area contributed by atoms with Crippen LogP contribution >= 0.6 is 0 Å². The predicted octanol–water partition coefficient (Wildman–Crippen LogP) is 4.59. The number of hydrogen-bond acceptors (Lipinski definition) is 8. The Morgan fingerprint density at radius 1 is 1.18 bits per heavy atom. The lowest BCUT2D eigenvalue weighted by molar-refractivity contribution is 0.00468. The Labute approximate surface area is 225 Å². The van der Waals surface area contributed by atoms with Gasteiger partial charge in [0.05, 0.1) is 42.3 Å². The molecule has 0 saturated carbocycles. The van der Waals surface area contributed by atoms with Crippen LogP contribution in [0.15, 0.2) is 41.3 Å². The van der Waals surface area contributed by atoms with Crippen LogP contribution in [-0.4, -0.2) is 56.8 Å². The number of furan rings is 1. The summed E-state index contributed by atoms with van der Waals surface area (Å²) in [6.45, 7) is 4.41. The van der Waals surface area contributed by atoms with E-state index in [0.717, 1.165) is 12.0 Å². The van der Waals surface area contributed by atoms with Crippen LogP contribution in [0, 0.1) is 11.3 Å². The van der Waals surface area contributed by atoms with Crippen molar-refractivity contribution in [2.24, 2.45) is 14.1 Å². The first-order chi connectivity index (χ1) is 18.8. The predicted molar refractivity (Wildman–Crippen MR) is 142 cm³/mol. The van der Waals surface area contributed by atoms with Crippen molar-refractivity contribution in [3.8, 4) is 17.2 Å². The SMILES string of the molecule is CCOC(=O)N(c1c(C(=O)c2cnn(C)c2)oc2cc(C#N)c(-c3cnn(C)c3)cc12)[C@H]1CCO[C@@H](CC)C1.